The zero-order chi connectivity index (χ0) is 13.5. The summed E-state index contributed by atoms with van der Waals surface area (Å²) in [7, 11) is 0. The van der Waals surface area contributed by atoms with Crippen LogP contribution in [0.4, 0.5) is 0 Å². The van der Waals surface area contributed by atoms with Crippen molar-refractivity contribution in [2.75, 3.05) is 6.54 Å². The molecule has 1 aromatic carbocycles. The molecule has 1 heterocycles. The first-order chi connectivity index (χ1) is 9.10. The number of benzene rings is 1. The maximum Gasteiger partial charge on any atom is 0.110 e. The lowest BCUT2D eigenvalue weighted by Gasteiger charge is -2.24. The summed E-state index contributed by atoms with van der Waals surface area (Å²) in [6.07, 6.45) is 4.91. The van der Waals surface area contributed by atoms with Crippen molar-refractivity contribution in [1.82, 2.24) is 9.97 Å². The van der Waals surface area contributed by atoms with Crippen LogP contribution in [0.1, 0.15) is 56.8 Å². The highest BCUT2D eigenvalue weighted by molar-refractivity contribution is 5.76. The molecular weight excluding hydrogens is 234 g/mol. The monoisotopic (exact) mass is 257 g/mol. The molecular formula is C16H23N3. The fourth-order valence-corrected chi connectivity index (χ4v) is 2.83. The van der Waals surface area contributed by atoms with Crippen LogP contribution in [0.2, 0.25) is 0 Å². The Morgan fingerprint density at radius 3 is 2.79 bits per heavy atom. The molecule has 1 aromatic heterocycles. The number of nitrogens with zero attached hydrogens (tertiary/aromatic N) is 1. The van der Waals surface area contributed by atoms with Gasteiger partial charge in [0.2, 0.25) is 0 Å². The Labute approximate surface area is 114 Å². The van der Waals surface area contributed by atoms with E-state index in [1.54, 1.807) is 0 Å². The van der Waals surface area contributed by atoms with Gasteiger partial charge in [0.25, 0.3) is 0 Å². The van der Waals surface area contributed by atoms with Crippen molar-refractivity contribution < 1.29 is 0 Å². The van der Waals surface area contributed by atoms with Crippen LogP contribution in [-0.2, 0) is 5.41 Å². The van der Waals surface area contributed by atoms with Gasteiger partial charge in [0, 0.05) is 5.92 Å². The van der Waals surface area contributed by atoms with E-state index >= 15 is 0 Å². The normalized spacial score (nSPS) is 16.8. The van der Waals surface area contributed by atoms with E-state index in [0.29, 0.717) is 5.92 Å². The molecule has 0 amide bonds. The Hall–Kier alpha value is -1.35. The highest BCUT2D eigenvalue weighted by Crippen LogP contribution is 2.36. The van der Waals surface area contributed by atoms with Crippen LogP contribution in [0.3, 0.4) is 0 Å². The number of nitrogens with one attached hydrogen (secondary N) is 1. The smallest absolute Gasteiger partial charge is 0.110 e. The lowest BCUT2D eigenvalue weighted by atomic mass is 9.81. The number of rotatable bonds is 4. The number of aromatic nitrogens is 2. The first-order valence-electron chi connectivity index (χ1n) is 7.30. The topological polar surface area (TPSA) is 54.7 Å². The molecule has 0 bridgehead atoms. The number of nitrogens with two attached hydrogens (primary N) is 1. The average Bonchev–Trinajstić information content (AvgIpc) is 2.68. The van der Waals surface area contributed by atoms with Crippen molar-refractivity contribution in [3.63, 3.8) is 0 Å². The Morgan fingerprint density at radius 1 is 1.37 bits per heavy atom. The van der Waals surface area contributed by atoms with E-state index < -0.39 is 0 Å². The predicted octanol–water partition coefficient (Wildman–Crippen LogP) is 3.46. The first kappa shape index (κ1) is 12.7. The number of H-pyrrole nitrogens is 1. The molecule has 0 spiro atoms. The second-order valence-electron chi connectivity index (χ2n) is 6.40. The Balaban J connectivity index is 1.96. The summed E-state index contributed by atoms with van der Waals surface area (Å²) < 4.78 is 0. The zero-order valence-corrected chi connectivity index (χ0v) is 11.9. The van der Waals surface area contributed by atoms with Crippen molar-refractivity contribution in [1.29, 1.82) is 0 Å². The zero-order valence-electron chi connectivity index (χ0n) is 11.9. The van der Waals surface area contributed by atoms with E-state index in [1.807, 2.05) is 0 Å². The molecule has 0 unspecified atom stereocenters. The van der Waals surface area contributed by atoms with Crippen molar-refractivity contribution in [2.45, 2.75) is 50.9 Å². The molecule has 3 rings (SSSR count). The predicted molar refractivity (Wildman–Crippen MR) is 79.4 cm³/mol. The summed E-state index contributed by atoms with van der Waals surface area (Å²) in [5.41, 5.74) is 9.45. The van der Waals surface area contributed by atoms with Gasteiger partial charge in [0.15, 0.2) is 0 Å². The Morgan fingerprint density at radius 2 is 2.16 bits per heavy atom. The van der Waals surface area contributed by atoms with E-state index in [2.05, 4.69) is 37.0 Å². The van der Waals surface area contributed by atoms with Crippen LogP contribution in [0.5, 0.6) is 0 Å². The van der Waals surface area contributed by atoms with Crippen molar-refractivity contribution in [2.24, 2.45) is 5.73 Å². The molecule has 3 nitrogen and oxygen atoms in total. The summed E-state index contributed by atoms with van der Waals surface area (Å²) >= 11 is 0. The third-order valence-electron chi connectivity index (χ3n) is 4.54. The minimum Gasteiger partial charge on any atom is -0.342 e. The molecule has 2 aromatic rings. The minimum atomic E-state index is 0.130. The van der Waals surface area contributed by atoms with Gasteiger partial charge in [-0.1, -0.05) is 26.3 Å². The summed E-state index contributed by atoms with van der Waals surface area (Å²) in [6, 6.07) is 6.59. The van der Waals surface area contributed by atoms with Crippen molar-refractivity contribution in [3.05, 3.63) is 29.6 Å². The van der Waals surface area contributed by atoms with Gasteiger partial charge < -0.3 is 10.7 Å². The molecule has 0 saturated heterocycles. The molecule has 3 heteroatoms. The Kier molecular flexibility index (Phi) is 3.09. The van der Waals surface area contributed by atoms with Crippen LogP contribution < -0.4 is 5.73 Å². The highest BCUT2D eigenvalue weighted by Gasteiger charge is 2.24. The quantitative estimate of drug-likeness (QED) is 0.881. The summed E-state index contributed by atoms with van der Waals surface area (Å²) in [6.45, 7) is 5.23. The third kappa shape index (κ3) is 2.27. The summed E-state index contributed by atoms with van der Waals surface area (Å²) in [5.74, 6) is 1.84. The summed E-state index contributed by atoms with van der Waals surface area (Å²) in [5, 5.41) is 0. The molecule has 1 fully saturated rings. The van der Waals surface area contributed by atoms with Crippen LogP contribution in [0, 0.1) is 0 Å². The van der Waals surface area contributed by atoms with E-state index in [-0.39, 0.29) is 5.41 Å². The molecule has 0 radical (unpaired) electrons. The van der Waals surface area contributed by atoms with Gasteiger partial charge in [0.1, 0.15) is 5.82 Å². The molecule has 102 valence electrons. The third-order valence-corrected chi connectivity index (χ3v) is 4.54. The SMILES string of the molecule is CC(C)(CCN)c1ccc2nc(C3CCC3)[nH]c2c1. The second-order valence-corrected chi connectivity index (χ2v) is 6.40. The number of hydrogen-bond donors (Lipinski definition) is 2. The van der Waals surface area contributed by atoms with Crippen molar-refractivity contribution >= 4 is 11.0 Å². The van der Waals surface area contributed by atoms with Crippen LogP contribution in [0.25, 0.3) is 11.0 Å². The van der Waals surface area contributed by atoms with Gasteiger partial charge in [-0.05, 0) is 48.9 Å². The van der Waals surface area contributed by atoms with Gasteiger partial charge in [-0.25, -0.2) is 4.98 Å². The number of imidazole rings is 1. The minimum absolute atomic E-state index is 0.130. The molecule has 1 aliphatic carbocycles. The number of hydrogen-bond acceptors (Lipinski definition) is 2. The maximum atomic E-state index is 5.71. The largest absolute Gasteiger partial charge is 0.342 e. The molecule has 1 saturated carbocycles. The van der Waals surface area contributed by atoms with Crippen molar-refractivity contribution in [3.8, 4) is 0 Å². The van der Waals surface area contributed by atoms with Gasteiger partial charge in [0.05, 0.1) is 11.0 Å². The van der Waals surface area contributed by atoms with Gasteiger partial charge in [-0.2, -0.15) is 0 Å². The lowest BCUT2D eigenvalue weighted by Crippen LogP contribution is -2.21. The number of aromatic amines is 1. The van der Waals surface area contributed by atoms with Gasteiger partial charge in [-0.15, -0.1) is 0 Å². The van der Waals surface area contributed by atoms with Crippen LogP contribution in [-0.4, -0.2) is 16.5 Å². The van der Waals surface area contributed by atoms with Gasteiger partial charge >= 0.3 is 0 Å². The van der Waals surface area contributed by atoms with E-state index in [1.165, 1.54) is 36.2 Å². The summed E-state index contributed by atoms with van der Waals surface area (Å²) in [4.78, 5) is 8.23. The molecule has 1 aliphatic rings. The molecule has 0 atom stereocenters. The Bertz CT molecular complexity index is 579. The first-order valence-corrected chi connectivity index (χ1v) is 7.30. The average molecular weight is 257 g/mol. The van der Waals surface area contributed by atoms with Crippen LogP contribution >= 0.6 is 0 Å². The van der Waals surface area contributed by atoms with Gasteiger partial charge in [-0.3, -0.25) is 0 Å². The lowest BCUT2D eigenvalue weighted by molar-refractivity contribution is 0.405. The van der Waals surface area contributed by atoms with E-state index in [9.17, 15) is 0 Å². The molecule has 0 aliphatic heterocycles. The number of fused-ring (bicyclic) bond motifs is 1. The highest BCUT2D eigenvalue weighted by atomic mass is 14.9. The molecule has 3 N–H and O–H groups in total. The fraction of sp³-hybridized carbons (Fsp3) is 0.562. The standard InChI is InChI=1S/C16H23N3/c1-16(2,8-9-17)12-6-7-13-14(10-12)19-15(18-13)11-4-3-5-11/h6-7,10-11H,3-5,8-9,17H2,1-2H3,(H,18,19). The van der Waals surface area contributed by atoms with E-state index in [0.717, 1.165) is 18.5 Å². The van der Waals surface area contributed by atoms with E-state index in [4.69, 9.17) is 10.7 Å². The second kappa shape index (κ2) is 4.64. The molecule has 19 heavy (non-hydrogen) atoms. The van der Waals surface area contributed by atoms with Crippen LogP contribution in [0.15, 0.2) is 18.2 Å². The fourth-order valence-electron chi connectivity index (χ4n) is 2.83. The maximum absolute atomic E-state index is 5.71.